The minimum Gasteiger partial charge on any atom is -0.461 e. The molecule has 2 aromatic carbocycles. The molecule has 0 fully saturated rings. The van der Waals surface area contributed by atoms with Gasteiger partial charge in [-0.3, -0.25) is 9.59 Å². The fourth-order valence-corrected chi connectivity index (χ4v) is 3.39. The maximum atomic E-state index is 11.7. The lowest BCUT2D eigenvalue weighted by atomic mass is 10.0. The smallest absolute Gasteiger partial charge is 0.308 e. The largest absolute Gasteiger partial charge is 0.461 e. The average Bonchev–Trinajstić information content (AvgIpc) is 2.82. The fraction of sp³-hybridized carbons (Fsp3) is 0.517. The fourth-order valence-electron chi connectivity index (χ4n) is 3.39. The summed E-state index contributed by atoms with van der Waals surface area (Å²) in [5.41, 5.74) is 1.96. The third-order valence-corrected chi connectivity index (χ3v) is 5.09. The Morgan fingerprint density at radius 3 is 1.54 bits per heavy atom. The molecule has 0 aliphatic rings. The lowest BCUT2D eigenvalue weighted by Gasteiger charge is -2.16. The summed E-state index contributed by atoms with van der Waals surface area (Å²) in [4.78, 5) is 23.1. The first kappa shape index (κ1) is 30.3. The molecule has 0 heterocycles. The van der Waals surface area contributed by atoms with E-state index in [1.54, 1.807) is 7.11 Å². The van der Waals surface area contributed by atoms with E-state index in [-0.39, 0.29) is 31.1 Å². The van der Waals surface area contributed by atoms with E-state index in [2.05, 4.69) is 13.8 Å². The highest BCUT2D eigenvalue weighted by atomic mass is 16.5. The van der Waals surface area contributed by atoms with Gasteiger partial charge in [-0.25, -0.2) is 0 Å². The number of hydrogen-bond donors (Lipinski definition) is 1. The standard InChI is InChI=1S/C15H22O3.C14H20O3/c1-12(2)9-14(17-3)10-15(16)18-11-13-7-5-4-6-8-13;1-11(2)8-13(15)9-14(16)17-10-12-6-4-3-5-7-12/h4-8,12,14H,9-11H2,1-3H3;3-7,11,13,15H,8-10H2,1-2H3. The summed E-state index contributed by atoms with van der Waals surface area (Å²) in [5, 5.41) is 9.59. The van der Waals surface area contributed by atoms with Crippen LogP contribution in [0, 0.1) is 11.8 Å². The van der Waals surface area contributed by atoms with Gasteiger partial charge in [-0.05, 0) is 35.8 Å². The van der Waals surface area contributed by atoms with Crippen molar-refractivity contribution < 1.29 is 28.9 Å². The van der Waals surface area contributed by atoms with Crippen LogP contribution >= 0.6 is 0 Å². The Labute approximate surface area is 210 Å². The van der Waals surface area contributed by atoms with Crippen molar-refractivity contribution in [2.24, 2.45) is 11.8 Å². The summed E-state index contributed by atoms with van der Waals surface area (Å²) in [6, 6.07) is 19.2. The van der Waals surface area contributed by atoms with Crippen molar-refractivity contribution in [1.29, 1.82) is 0 Å². The molecule has 0 aromatic heterocycles. The highest BCUT2D eigenvalue weighted by molar-refractivity contribution is 5.70. The summed E-state index contributed by atoms with van der Waals surface area (Å²) in [7, 11) is 1.64. The van der Waals surface area contributed by atoms with Gasteiger partial charge in [0.2, 0.25) is 0 Å². The molecular formula is C29H42O6. The van der Waals surface area contributed by atoms with Crippen LogP contribution in [0.3, 0.4) is 0 Å². The lowest BCUT2D eigenvalue weighted by Crippen LogP contribution is -2.19. The average molecular weight is 487 g/mol. The summed E-state index contributed by atoms with van der Waals surface area (Å²) in [5.74, 6) is 0.345. The third-order valence-electron chi connectivity index (χ3n) is 5.09. The molecule has 0 radical (unpaired) electrons. The number of aliphatic hydroxyl groups excluding tert-OH is 1. The maximum absolute atomic E-state index is 11.7. The predicted octanol–water partition coefficient (Wildman–Crippen LogP) is 5.71. The van der Waals surface area contributed by atoms with Crippen LogP contribution in [-0.4, -0.2) is 36.4 Å². The number of esters is 2. The number of rotatable bonds is 13. The molecule has 2 aromatic rings. The summed E-state index contributed by atoms with van der Waals surface area (Å²) in [6.45, 7) is 8.85. The zero-order valence-corrected chi connectivity index (χ0v) is 21.8. The number of aliphatic hydroxyl groups is 1. The number of carbonyl (C=O) groups is 2. The molecule has 0 bridgehead atoms. The van der Waals surface area contributed by atoms with Gasteiger partial charge in [-0.1, -0.05) is 88.4 Å². The van der Waals surface area contributed by atoms with Crippen LogP contribution in [-0.2, 0) is 37.0 Å². The van der Waals surface area contributed by atoms with Crippen molar-refractivity contribution in [3.05, 3.63) is 71.8 Å². The van der Waals surface area contributed by atoms with Gasteiger partial charge in [0.25, 0.3) is 0 Å². The predicted molar refractivity (Wildman–Crippen MR) is 137 cm³/mol. The van der Waals surface area contributed by atoms with Crippen molar-refractivity contribution in [3.8, 4) is 0 Å². The van der Waals surface area contributed by atoms with Crippen LogP contribution < -0.4 is 0 Å². The number of benzene rings is 2. The zero-order valence-electron chi connectivity index (χ0n) is 21.8. The van der Waals surface area contributed by atoms with Gasteiger partial charge in [0.15, 0.2) is 0 Å². The summed E-state index contributed by atoms with van der Waals surface area (Å²) >= 11 is 0. The lowest BCUT2D eigenvalue weighted by molar-refractivity contribution is -0.148. The van der Waals surface area contributed by atoms with E-state index in [1.807, 2.05) is 74.5 Å². The van der Waals surface area contributed by atoms with E-state index >= 15 is 0 Å². The molecule has 0 saturated carbocycles. The number of methoxy groups -OCH3 is 1. The molecular weight excluding hydrogens is 444 g/mol. The van der Waals surface area contributed by atoms with Crippen molar-refractivity contribution >= 4 is 11.9 Å². The van der Waals surface area contributed by atoms with E-state index in [0.29, 0.717) is 31.3 Å². The van der Waals surface area contributed by atoms with Crippen LogP contribution in [0.4, 0.5) is 0 Å². The maximum Gasteiger partial charge on any atom is 0.308 e. The second kappa shape index (κ2) is 17.7. The topological polar surface area (TPSA) is 82.1 Å². The molecule has 35 heavy (non-hydrogen) atoms. The Hall–Kier alpha value is -2.70. The first-order chi connectivity index (χ1) is 16.7. The van der Waals surface area contributed by atoms with Crippen LogP contribution in [0.1, 0.15) is 64.5 Å². The second-order valence-corrected chi connectivity index (χ2v) is 9.47. The molecule has 1 N–H and O–H groups in total. The van der Waals surface area contributed by atoms with E-state index in [0.717, 1.165) is 17.5 Å². The normalized spacial score (nSPS) is 12.5. The van der Waals surface area contributed by atoms with Crippen LogP contribution in [0.2, 0.25) is 0 Å². The van der Waals surface area contributed by atoms with Crippen LogP contribution in [0.25, 0.3) is 0 Å². The highest BCUT2D eigenvalue weighted by Gasteiger charge is 2.16. The van der Waals surface area contributed by atoms with Crippen LogP contribution in [0.15, 0.2) is 60.7 Å². The van der Waals surface area contributed by atoms with Gasteiger partial charge in [-0.15, -0.1) is 0 Å². The molecule has 0 spiro atoms. The molecule has 0 saturated heterocycles. The molecule has 0 aliphatic heterocycles. The van der Waals surface area contributed by atoms with Crippen molar-refractivity contribution in [2.45, 2.75) is 78.8 Å². The van der Waals surface area contributed by atoms with Crippen LogP contribution in [0.5, 0.6) is 0 Å². The Bertz CT molecular complexity index is 820. The van der Waals surface area contributed by atoms with Gasteiger partial charge >= 0.3 is 11.9 Å². The van der Waals surface area contributed by atoms with E-state index in [9.17, 15) is 14.7 Å². The minimum absolute atomic E-state index is 0.0479. The zero-order chi connectivity index (χ0) is 26.1. The highest BCUT2D eigenvalue weighted by Crippen LogP contribution is 2.13. The molecule has 2 rings (SSSR count). The van der Waals surface area contributed by atoms with Crippen molar-refractivity contribution in [3.63, 3.8) is 0 Å². The first-order valence-electron chi connectivity index (χ1n) is 12.3. The van der Waals surface area contributed by atoms with Gasteiger partial charge in [0.1, 0.15) is 13.2 Å². The van der Waals surface area contributed by atoms with Gasteiger partial charge in [0, 0.05) is 7.11 Å². The molecule has 6 heteroatoms. The second-order valence-electron chi connectivity index (χ2n) is 9.47. The Morgan fingerprint density at radius 2 is 1.14 bits per heavy atom. The first-order valence-corrected chi connectivity index (χ1v) is 12.3. The molecule has 0 aliphatic carbocycles. The number of hydrogen-bond acceptors (Lipinski definition) is 6. The molecule has 0 amide bonds. The number of ether oxygens (including phenoxy) is 3. The van der Waals surface area contributed by atoms with E-state index < -0.39 is 6.10 Å². The quantitative estimate of drug-likeness (QED) is 0.365. The van der Waals surface area contributed by atoms with E-state index in [4.69, 9.17) is 14.2 Å². The Balaban J connectivity index is 0.000000351. The SMILES string of the molecule is CC(C)CC(O)CC(=O)OCc1ccccc1.COC(CC(=O)OCc1ccccc1)CC(C)C. The molecule has 194 valence electrons. The minimum atomic E-state index is -0.599. The Morgan fingerprint density at radius 1 is 0.714 bits per heavy atom. The van der Waals surface area contributed by atoms with Gasteiger partial charge in [0.05, 0.1) is 25.0 Å². The third kappa shape index (κ3) is 15.8. The van der Waals surface area contributed by atoms with Gasteiger partial charge in [-0.2, -0.15) is 0 Å². The molecule has 2 atom stereocenters. The van der Waals surface area contributed by atoms with Gasteiger partial charge < -0.3 is 19.3 Å². The number of carbonyl (C=O) groups excluding carboxylic acids is 2. The molecule has 6 nitrogen and oxygen atoms in total. The summed E-state index contributed by atoms with van der Waals surface area (Å²) in [6.07, 6.45) is 1.25. The monoisotopic (exact) mass is 486 g/mol. The van der Waals surface area contributed by atoms with E-state index in [1.165, 1.54) is 0 Å². The van der Waals surface area contributed by atoms with Crippen molar-refractivity contribution in [1.82, 2.24) is 0 Å². The summed E-state index contributed by atoms with van der Waals surface area (Å²) < 4.78 is 15.6. The molecule has 2 unspecified atom stereocenters. The van der Waals surface area contributed by atoms with Crippen molar-refractivity contribution in [2.75, 3.05) is 7.11 Å². The Kier molecular flexibility index (Phi) is 15.3.